The molecule has 0 saturated heterocycles. The standard InChI is InChI=1S/C23H26N4O5/c1-12-8-19(28)27(23-20(12)13(2)25-26(23)4)11-16-14(3)32-22(24-16)15-9-17(29-5)21(31-7)18(10-15)30-6/h8-10H,11H2,1-7H3. The fourth-order valence-corrected chi connectivity index (χ4v) is 4.06. The lowest BCUT2D eigenvalue weighted by Gasteiger charge is -2.12. The molecule has 0 aliphatic rings. The highest BCUT2D eigenvalue weighted by atomic mass is 16.5. The summed E-state index contributed by atoms with van der Waals surface area (Å²) in [7, 11) is 6.49. The van der Waals surface area contributed by atoms with Gasteiger partial charge in [-0.3, -0.25) is 14.0 Å². The number of oxazole rings is 1. The van der Waals surface area contributed by atoms with Gasteiger partial charge in [-0.1, -0.05) is 0 Å². The molecule has 0 spiro atoms. The molecule has 3 aromatic heterocycles. The average molecular weight is 438 g/mol. The quantitative estimate of drug-likeness (QED) is 0.455. The summed E-state index contributed by atoms with van der Waals surface area (Å²) in [4.78, 5) is 17.5. The van der Waals surface area contributed by atoms with Crippen molar-refractivity contribution >= 4 is 11.0 Å². The number of aromatic nitrogens is 4. The SMILES string of the molecule is COc1cc(-c2nc(Cn3c(=O)cc(C)c4c(C)nn(C)c43)c(C)o2)cc(OC)c1OC. The first-order valence-corrected chi connectivity index (χ1v) is 10.1. The van der Waals surface area contributed by atoms with Crippen molar-refractivity contribution < 1.29 is 18.6 Å². The summed E-state index contributed by atoms with van der Waals surface area (Å²) in [5.41, 5.74) is 3.75. The normalized spacial score (nSPS) is 11.2. The predicted molar refractivity (Wildman–Crippen MR) is 120 cm³/mol. The molecule has 0 N–H and O–H groups in total. The third-order valence-corrected chi connectivity index (χ3v) is 5.56. The van der Waals surface area contributed by atoms with Crippen molar-refractivity contribution in [3.63, 3.8) is 0 Å². The Hall–Kier alpha value is -3.75. The van der Waals surface area contributed by atoms with Crippen molar-refractivity contribution in [3.8, 4) is 28.7 Å². The zero-order valence-electron chi connectivity index (χ0n) is 19.3. The van der Waals surface area contributed by atoms with Gasteiger partial charge >= 0.3 is 0 Å². The van der Waals surface area contributed by atoms with Gasteiger partial charge in [0.15, 0.2) is 11.5 Å². The van der Waals surface area contributed by atoms with Gasteiger partial charge in [-0.05, 0) is 38.5 Å². The van der Waals surface area contributed by atoms with Gasteiger partial charge in [0.25, 0.3) is 5.56 Å². The van der Waals surface area contributed by atoms with Gasteiger partial charge in [-0.2, -0.15) is 5.10 Å². The van der Waals surface area contributed by atoms with Crippen LogP contribution in [0.4, 0.5) is 0 Å². The number of aryl methyl sites for hydroxylation is 4. The van der Waals surface area contributed by atoms with E-state index in [1.807, 2.05) is 27.8 Å². The van der Waals surface area contributed by atoms with Crippen molar-refractivity contribution in [2.75, 3.05) is 21.3 Å². The maximum atomic E-state index is 12.9. The Balaban J connectivity index is 1.81. The van der Waals surface area contributed by atoms with Crippen LogP contribution in [0, 0.1) is 20.8 Å². The summed E-state index contributed by atoms with van der Waals surface area (Å²) in [6.45, 7) is 5.95. The van der Waals surface area contributed by atoms with Gasteiger partial charge < -0.3 is 18.6 Å². The third-order valence-electron chi connectivity index (χ3n) is 5.56. The van der Waals surface area contributed by atoms with Crippen molar-refractivity contribution in [3.05, 3.63) is 51.3 Å². The highest BCUT2D eigenvalue weighted by Crippen LogP contribution is 2.41. The zero-order valence-corrected chi connectivity index (χ0v) is 19.3. The van der Waals surface area contributed by atoms with E-state index in [0.29, 0.717) is 40.2 Å². The lowest BCUT2D eigenvalue weighted by molar-refractivity contribution is 0.324. The summed E-state index contributed by atoms with van der Waals surface area (Å²) in [5.74, 6) is 2.51. The number of ether oxygens (including phenoxy) is 3. The number of fused-ring (bicyclic) bond motifs is 1. The lowest BCUT2D eigenvalue weighted by atomic mass is 10.1. The first-order valence-electron chi connectivity index (χ1n) is 10.1. The topological polar surface area (TPSA) is 93.5 Å². The van der Waals surface area contributed by atoms with Crippen LogP contribution in [-0.4, -0.2) is 40.7 Å². The number of methoxy groups -OCH3 is 3. The molecule has 0 bridgehead atoms. The van der Waals surface area contributed by atoms with Gasteiger partial charge in [-0.25, -0.2) is 4.98 Å². The Morgan fingerprint density at radius 2 is 1.66 bits per heavy atom. The summed E-state index contributed by atoms with van der Waals surface area (Å²) in [5, 5.41) is 5.47. The van der Waals surface area contributed by atoms with Crippen LogP contribution in [0.5, 0.6) is 17.2 Å². The summed E-state index contributed by atoms with van der Waals surface area (Å²) in [6.07, 6.45) is 0. The summed E-state index contributed by atoms with van der Waals surface area (Å²) >= 11 is 0. The minimum Gasteiger partial charge on any atom is -0.493 e. The van der Waals surface area contributed by atoms with E-state index in [4.69, 9.17) is 18.6 Å². The number of hydrogen-bond acceptors (Lipinski definition) is 7. The van der Waals surface area contributed by atoms with Gasteiger partial charge in [0, 0.05) is 24.1 Å². The maximum absolute atomic E-state index is 12.9. The van der Waals surface area contributed by atoms with Crippen LogP contribution >= 0.6 is 0 Å². The number of nitrogens with zero attached hydrogens (tertiary/aromatic N) is 4. The second kappa shape index (κ2) is 8.07. The average Bonchev–Trinajstić information content (AvgIpc) is 3.28. The van der Waals surface area contributed by atoms with Crippen molar-refractivity contribution in [1.29, 1.82) is 0 Å². The minimum absolute atomic E-state index is 0.116. The number of rotatable bonds is 6. The molecule has 1 aromatic carbocycles. The molecule has 32 heavy (non-hydrogen) atoms. The van der Waals surface area contributed by atoms with E-state index in [-0.39, 0.29) is 12.1 Å². The molecule has 0 aliphatic carbocycles. The summed E-state index contributed by atoms with van der Waals surface area (Å²) in [6, 6.07) is 5.18. The predicted octanol–water partition coefficient (Wildman–Crippen LogP) is 3.39. The third kappa shape index (κ3) is 3.39. The van der Waals surface area contributed by atoms with E-state index in [9.17, 15) is 4.79 Å². The molecule has 0 aliphatic heterocycles. The second-order valence-corrected chi connectivity index (χ2v) is 7.60. The summed E-state index contributed by atoms with van der Waals surface area (Å²) < 4.78 is 25.6. The van der Waals surface area contributed by atoms with Gasteiger partial charge in [0.2, 0.25) is 11.6 Å². The Labute approximate surface area is 185 Å². The van der Waals surface area contributed by atoms with Crippen LogP contribution in [0.25, 0.3) is 22.5 Å². The molecule has 0 fully saturated rings. The van der Waals surface area contributed by atoms with Gasteiger partial charge in [0.05, 0.1) is 33.6 Å². The first-order chi connectivity index (χ1) is 15.3. The van der Waals surface area contributed by atoms with Crippen LogP contribution in [0.2, 0.25) is 0 Å². The number of pyridine rings is 1. The van der Waals surface area contributed by atoms with E-state index in [1.165, 1.54) is 0 Å². The van der Waals surface area contributed by atoms with Crippen molar-refractivity contribution in [2.24, 2.45) is 7.05 Å². The van der Waals surface area contributed by atoms with Crippen LogP contribution in [0.3, 0.4) is 0 Å². The van der Waals surface area contributed by atoms with Crippen molar-refractivity contribution in [2.45, 2.75) is 27.3 Å². The number of hydrogen-bond donors (Lipinski definition) is 0. The lowest BCUT2D eigenvalue weighted by Crippen LogP contribution is -2.22. The molecule has 3 heterocycles. The molecular weight excluding hydrogens is 412 g/mol. The molecule has 168 valence electrons. The molecule has 0 atom stereocenters. The molecule has 0 saturated carbocycles. The fourth-order valence-electron chi connectivity index (χ4n) is 4.06. The molecule has 0 unspecified atom stereocenters. The second-order valence-electron chi connectivity index (χ2n) is 7.60. The first kappa shape index (κ1) is 21.5. The van der Waals surface area contributed by atoms with Crippen LogP contribution in [0.15, 0.2) is 27.4 Å². The highest BCUT2D eigenvalue weighted by Gasteiger charge is 2.20. The van der Waals surface area contributed by atoms with E-state index >= 15 is 0 Å². The maximum Gasteiger partial charge on any atom is 0.252 e. The largest absolute Gasteiger partial charge is 0.493 e. The Morgan fingerprint density at radius 1 is 1.00 bits per heavy atom. The monoisotopic (exact) mass is 438 g/mol. The van der Waals surface area contributed by atoms with Crippen LogP contribution < -0.4 is 19.8 Å². The van der Waals surface area contributed by atoms with Gasteiger partial charge in [-0.15, -0.1) is 0 Å². The Bertz CT molecular complexity index is 1350. The zero-order chi connectivity index (χ0) is 23.2. The van der Waals surface area contributed by atoms with E-state index in [0.717, 1.165) is 22.3 Å². The van der Waals surface area contributed by atoms with Crippen LogP contribution in [0.1, 0.15) is 22.7 Å². The molecule has 4 aromatic rings. The molecule has 9 heteroatoms. The minimum atomic E-state index is -0.116. The molecule has 4 rings (SSSR count). The molecule has 0 amide bonds. The van der Waals surface area contributed by atoms with E-state index in [2.05, 4.69) is 10.1 Å². The van der Waals surface area contributed by atoms with E-state index in [1.54, 1.807) is 48.8 Å². The number of benzene rings is 1. The van der Waals surface area contributed by atoms with Crippen LogP contribution in [-0.2, 0) is 13.6 Å². The molecule has 9 nitrogen and oxygen atoms in total. The van der Waals surface area contributed by atoms with Gasteiger partial charge in [0.1, 0.15) is 17.1 Å². The molecular formula is C23H26N4O5. The van der Waals surface area contributed by atoms with Crippen molar-refractivity contribution in [1.82, 2.24) is 19.3 Å². The Morgan fingerprint density at radius 3 is 2.25 bits per heavy atom. The fraction of sp³-hybridized carbons (Fsp3) is 0.348. The van der Waals surface area contributed by atoms with E-state index < -0.39 is 0 Å². The smallest absolute Gasteiger partial charge is 0.252 e. The molecule has 0 radical (unpaired) electrons. The Kier molecular flexibility index (Phi) is 5.41. The highest BCUT2D eigenvalue weighted by molar-refractivity contribution is 5.82.